The van der Waals surface area contributed by atoms with Gasteiger partial charge in [0.15, 0.2) is 0 Å². The van der Waals surface area contributed by atoms with Crippen LogP contribution in [0.1, 0.15) is 26.3 Å². The van der Waals surface area contributed by atoms with Crippen LogP contribution < -0.4 is 4.90 Å². The van der Waals surface area contributed by atoms with E-state index in [9.17, 15) is 14.4 Å². The Hall–Kier alpha value is -3.22. The highest BCUT2D eigenvalue weighted by atomic mass is 16.2. The third-order valence-corrected chi connectivity index (χ3v) is 5.18. The summed E-state index contributed by atoms with van der Waals surface area (Å²) in [5.41, 5.74) is 2.95. The van der Waals surface area contributed by atoms with Crippen LogP contribution in [-0.2, 0) is 11.2 Å². The number of fused-ring (bicyclic) bond motifs is 1. The molecular formula is C20H20N4O3. The fourth-order valence-corrected chi connectivity index (χ4v) is 3.58. The summed E-state index contributed by atoms with van der Waals surface area (Å²) in [5, 5.41) is 0. The second-order valence-electron chi connectivity index (χ2n) is 6.79. The third-order valence-electron chi connectivity index (χ3n) is 5.18. The van der Waals surface area contributed by atoms with Crippen molar-refractivity contribution in [2.24, 2.45) is 0 Å². The van der Waals surface area contributed by atoms with E-state index in [0.29, 0.717) is 43.7 Å². The van der Waals surface area contributed by atoms with Crippen LogP contribution in [0.3, 0.4) is 0 Å². The zero-order chi connectivity index (χ0) is 19.0. The minimum Gasteiger partial charge on any atom is -0.335 e. The molecule has 0 saturated carbocycles. The summed E-state index contributed by atoms with van der Waals surface area (Å²) in [6.07, 6.45) is 3.53. The minimum absolute atomic E-state index is 0.0384. The number of carbonyl (C=O) groups excluding carboxylic acids is 3. The molecule has 0 unspecified atom stereocenters. The lowest BCUT2D eigenvalue weighted by Gasteiger charge is -2.35. The number of amides is 3. The summed E-state index contributed by atoms with van der Waals surface area (Å²) in [7, 11) is 1.74. The van der Waals surface area contributed by atoms with Crippen LogP contribution in [0.5, 0.6) is 0 Å². The first-order valence-corrected chi connectivity index (χ1v) is 8.92. The number of rotatable bonds is 2. The predicted molar refractivity (Wildman–Crippen MR) is 99.6 cm³/mol. The van der Waals surface area contributed by atoms with Crippen molar-refractivity contribution in [1.82, 2.24) is 14.8 Å². The molecule has 138 valence electrons. The van der Waals surface area contributed by atoms with Crippen molar-refractivity contribution in [2.45, 2.75) is 6.42 Å². The highest BCUT2D eigenvalue weighted by Gasteiger charge is 2.28. The molecule has 3 amide bonds. The average molecular weight is 364 g/mol. The van der Waals surface area contributed by atoms with Crippen molar-refractivity contribution >= 4 is 23.4 Å². The maximum atomic E-state index is 12.8. The van der Waals surface area contributed by atoms with Crippen molar-refractivity contribution in [3.63, 3.8) is 0 Å². The molecule has 1 aromatic heterocycles. The molecule has 1 fully saturated rings. The molecule has 0 atom stereocenters. The highest BCUT2D eigenvalue weighted by Crippen LogP contribution is 2.28. The van der Waals surface area contributed by atoms with E-state index in [1.54, 1.807) is 52.3 Å². The number of hydrogen-bond donors (Lipinski definition) is 0. The topological polar surface area (TPSA) is 73.8 Å². The zero-order valence-electron chi connectivity index (χ0n) is 15.1. The van der Waals surface area contributed by atoms with E-state index in [2.05, 4.69) is 4.98 Å². The second kappa shape index (κ2) is 6.83. The molecule has 0 N–H and O–H groups in total. The first kappa shape index (κ1) is 17.2. The summed E-state index contributed by atoms with van der Waals surface area (Å²) in [6.45, 7) is 1.98. The van der Waals surface area contributed by atoms with Crippen molar-refractivity contribution in [3.05, 3.63) is 59.4 Å². The molecule has 1 saturated heterocycles. The SMILES string of the molecule is CN1C(=O)Cc2cc(C(=O)N3CCN(C(=O)c4ccncc4)CC3)ccc21. The van der Waals surface area contributed by atoms with Gasteiger partial charge in [0.25, 0.3) is 11.8 Å². The van der Waals surface area contributed by atoms with Crippen LogP contribution >= 0.6 is 0 Å². The number of piperazine rings is 1. The second-order valence-corrected chi connectivity index (χ2v) is 6.79. The van der Waals surface area contributed by atoms with Crippen LogP contribution in [0.15, 0.2) is 42.7 Å². The third kappa shape index (κ3) is 3.16. The van der Waals surface area contributed by atoms with Crippen LogP contribution in [-0.4, -0.2) is 65.7 Å². The molecule has 0 radical (unpaired) electrons. The van der Waals surface area contributed by atoms with Gasteiger partial charge in [0.05, 0.1) is 6.42 Å². The van der Waals surface area contributed by atoms with Crippen molar-refractivity contribution in [2.75, 3.05) is 38.1 Å². The molecule has 0 bridgehead atoms. The molecule has 0 aliphatic carbocycles. The molecule has 2 aromatic rings. The van der Waals surface area contributed by atoms with E-state index in [-0.39, 0.29) is 17.7 Å². The fraction of sp³-hybridized carbons (Fsp3) is 0.300. The molecule has 7 heteroatoms. The molecule has 3 heterocycles. The Labute approximate surface area is 157 Å². The number of pyridine rings is 1. The number of benzene rings is 1. The van der Waals surface area contributed by atoms with Gasteiger partial charge in [-0.1, -0.05) is 0 Å². The van der Waals surface area contributed by atoms with Crippen LogP contribution in [0.4, 0.5) is 5.69 Å². The van der Waals surface area contributed by atoms with Crippen molar-refractivity contribution in [3.8, 4) is 0 Å². The van der Waals surface area contributed by atoms with Crippen LogP contribution in [0, 0.1) is 0 Å². The van der Waals surface area contributed by atoms with Gasteiger partial charge in [-0.15, -0.1) is 0 Å². The highest BCUT2D eigenvalue weighted by molar-refractivity contribution is 6.03. The van der Waals surface area contributed by atoms with Gasteiger partial charge in [-0.2, -0.15) is 0 Å². The molecule has 27 heavy (non-hydrogen) atoms. The predicted octanol–water partition coefficient (Wildman–Crippen LogP) is 1.20. The number of carbonyl (C=O) groups is 3. The Bertz CT molecular complexity index is 905. The standard InChI is InChI=1S/C20H20N4O3/c1-22-17-3-2-15(12-16(17)13-18(22)25)20(27)24-10-8-23(9-11-24)19(26)14-4-6-21-7-5-14/h2-7,12H,8-11,13H2,1H3. The van der Waals surface area contributed by atoms with Gasteiger partial charge in [-0.25, -0.2) is 0 Å². The number of nitrogens with zero attached hydrogens (tertiary/aromatic N) is 4. The summed E-state index contributed by atoms with van der Waals surface area (Å²) in [5.74, 6) is -0.0581. The number of anilines is 1. The normalized spacial score (nSPS) is 16.5. The fourth-order valence-electron chi connectivity index (χ4n) is 3.58. The molecule has 1 aromatic carbocycles. The smallest absolute Gasteiger partial charge is 0.254 e. The summed E-state index contributed by atoms with van der Waals surface area (Å²) >= 11 is 0. The number of aromatic nitrogens is 1. The van der Waals surface area contributed by atoms with E-state index in [1.165, 1.54) is 0 Å². The maximum absolute atomic E-state index is 12.8. The molecular weight excluding hydrogens is 344 g/mol. The Balaban J connectivity index is 1.42. The number of likely N-dealkylation sites (N-methyl/N-ethyl adjacent to an activating group) is 1. The molecule has 7 nitrogen and oxygen atoms in total. The minimum atomic E-state index is -0.0594. The molecule has 2 aliphatic heterocycles. The Morgan fingerprint density at radius 1 is 0.889 bits per heavy atom. The molecule has 4 rings (SSSR count). The quantitative estimate of drug-likeness (QED) is 0.803. The van der Waals surface area contributed by atoms with Gasteiger partial charge in [-0.3, -0.25) is 19.4 Å². The van der Waals surface area contributed by atoms with Crippen molar-refractivity contribution in [1.29, 1.82) is 0 Å². The lowest BCUT2D eigenvalue weighted by atomic mass is 10.1. The van der Waals surface area contributed by atoms with Crippen molar-refractivity contribution < 1.29 is 14.4 Å². The average Bonchev–Trinajstić information content (AvgIpc) is 3.01. The first-order chi connectivity index (χ1) is 13.0. The van der Waals surface area contributed by atoms with Gasteiger partial charge in [0.1, 0.15) is 0 Å². The molecule has 0 spiro atoms. The van der Waals surface area contributed by atoms with Gasteiger partial charge in [-0.05, 0) is 35.9 Å². The zero-order valence-corrected chi connectivity index (χ0v) is 15.1. The maximum Gasteiger partial charge on any atom is 0.254 e. The largest absolute Gasteiger partial charge is 0.335 e. The Kier molecular flexibility index (Phi) is 4.35. The van der Waals surface area contributed by atoms with Gasteiger partial charge in [0.2, 0.25) is 5.91 Å². The molecule has 2 aliphatic rings. The number of hydrogen-bond acceptors (Lipinski definition) is 4. The van der Waals surface area contributed by atoms with E-state index in [4.69, 9.17) is 0 Å². The van der Waals surface area contributed by atoms with Gasteiger partial charge < -0.3 is 14.7 Å². The van der Waals surface area contributed by atoms with E-state index in [0.717, 1.165) is 11.3 Å². The monoisotopic (exact) mass is 364 g/mol. The van der Waals surface area contributed by atoms with E-state index in [1.807, 2.05) is 12.1 Å². The summed E-state index contributed by atoms with van der Waals surface area (Å²) < 4.78 is 0. The van der Waals surface area contributed by atoms with Crippen LogP contribution in [0.25, 0.3) is 0 Å². The summed E-state index contributed by atoms with van der Waals surface area (Å²) in [4.78, 5) is 46.2. The summed E-state index contributed by atoms with van der Waals surface area (Å²) in [6, 6.07) is 8.81. The Morgan fingerprint density at radius 2 is 1.48 bits per heavy atom. The van der Waals surface area contributed by atoms with Gasteiger partial charge >= 0.3 is 0 Å². The Morgan fingerprint density at radius 3 is 2.11 bits per heavy atom. The van der Waals surface area contributed by atoms with E-state index < -0.39 is 0 Å². The lowest BCUT2D eigenvalue weighted by molar-refractivity contribution is -0.117. The van der Waals surface area contributed by atoms with Gasteiger partial charge in [0, 0.05) is 62.4 Å². The van der Waals surface area contributed by atoms with Crippen LogP contribution in [0.2, 0.25) is 0 Å². The van der Waals surface area contributed by atoms with E-state index >= 15 is 0 Å². The lowest BCUT2D eigenvalue weighted by Crippen LogP contribution is -2.50. The first-order valence-electron chi connectivity index (χ1n) is 8.92.